The number of benzene rings is 1. The number of phenols is 1. The van der Waals surface area contributed by atoms with Crippen molar-refractivity contribution < 1.29 is 19.4 Å². The van der Waals surface area contributed by atoms with Crippen LogP contribution in [0.4, 0.5) is 4.79 Å². The second-order valence-electron chi connectivity index (χ2n) is 6.50. The number of ether oxygens (including phenoxy) is 2. The molecule has 0 radical (unpaired) electrons. The highest BCUT2D eigenvalue weighted by molar-refractivity contribution is 5.68. The first kappa shape index (κ1) is 18.1. The van der Waals surface area contributed by atoms with Crippen LogP contribution < -0.4 is 15.8 Å². The Labute approximate surface area is 131 Å². The fourth-order valence-electron chi connectivity index (χ4n) is 2.04. The van der Waals surface area contributed by atoms with Gasteiger partial charge in [-0.25, -0.2) is 4.79 Å². The van der Waals surface area contributed by atoms with Crippen LogP contribution in [0.3, 0.4) is 0 Å². The number of alkyl carbamates (subject to hydrolysis) is 1. The number of methoxy groups -OCH3 is 1. The summed E-state index contributed by atoms with van der Waals surface area (Å²) >= 11 is 0. The summed E-state index contributed by atoms with van der Waals surface area (Å²) in [4.78, 5) is 11.8. The molecule has 1 amide bonds. The predicted molar refractivity (Wildman–Crippen MR) is 85.3 cm³/mol. The quantitative estimate of drug-likeness (QED) is 0.774. The molecule has 0 aliphatic carbocycles. The number of hydrogen-bond acceptors (Lipinski definition) is 5. The Balaban J connectivity index is 2.91. The number of aromatic hydroxyl groups is 1. The van der Waals surface area contributed by atoms with Crippen LogP contribution in [0.1, 0.15) is 33.3 Å². The number of phenolic OH excluding ortho intramolecular Hbond substituents is 1. The minimum atomic E-state index is -0.556. The Kier molecular flexibility index (Phi) is 5.65. The van der Waals surface area contributed by atoms with Crippen LogP contribution in [-0.2, 0) is 10.2 Å². The molecule has 124 valence electrons. The molecule has 1 atom stereocenters. The molecule has 0 saturated carbocycles. The van der Waals surface area contributed by atoms with Gasteiger partial charge in [0.25, 0.3) is 0 Å². The minimum absolute atomic E-state index is 0.111. The number of rotatable bonds is 5. The zero-order valence-electron chi connectivity index (χ0n) is 13.9. The molecule has 22 heavy (non-hydrogen) atoms. The van der Waals surface area contributed by atoms with Gasteiger partial charge >= 0.3 is 6.09 Å². The van der Waals surface area contributed by atoms with E-state index in [4.69, 9.17) is 15.2 Å². The van der Waals surface area contributed by atoms with Gasteiger partial charge in [-0.2, -0.15) is 0 Å². The lowest BCUT2D eigenvalue weighted by Gasteiger charge is -2.31. The highest BCUT2D eigenvalue weighted by Gasteiger charge is 2.30. The maximum Gasteiger partial charge on any atom is 0.407 e. The third kappa shape index (κ3) is 4.80. The number of nitrogens with one attached hydrogen (secondary N) is 1. The lowest BCUT2D eigenvalue weighted by molar-refractivity contribution is 0.0516. The van der Waals surface area contributed by atoms with Crippen molar-refractivity contribution in [2.75, 3.05) is 20.2 Å². The van der Waals surface area contributed by atoms with Gasteiger partial charge in [0, 0.05) is 30.1 Å². The second-order valence-corrected chi connectivity index (χ2v) is 6.50. The molecule has 6 nitrogen and oxygen atoms in total. The zero-order chi connectivity index (χ0) is 17.0. The Morgan fingerprint density at radius 2 is 1.95 bits per heavy atom. The molecule has 1 rings (SSSR count). The Hall–Kier alpha value is -1.95. The number of hydrogen-bond donors (Lipinski definition) is 3. The van der Waals surface area contributed by atoms with Gasteiger partial charge in [0.15, 0.2) is 0 Å². The number of carbonyl (C=O) groups is 1. The topological polar surface area (TPSA) is 93.8 Å². The van der Waals surface area contributed by atoms with E-state index in [-0.39, 0.29) is 5.75 Å². The van der Waals surface area contributed by atoms with E-state index in [0.717, 1.165) is 5.56 Å². The van der Waals surface area contributed by atoms with Gasteiger partial charge in [-0.1, -0.05) is 13.0 Å². The van der Waals surface area contributed by atoms with E-state index >= 15 is 0 Å². The third-order valence-corrected chi connectivity index (χ3v) is 3.31. The van der Waals surface area contributed by atoms with Crippen molar-refractivity contribution in [1.29, 1.82) is 0 Å². The van der Waals surface area contributed by atoms with Gasteiger partial charge in [-0.05, 0) is 26.8 Å². The normalized spacial score (nSPS) is 14.1. The van der Waals surface area contributed by atoms with Crippen molar-refractivity contribution in [2.24, 2.45) is 5.73 Å². The Morgan fingerprint density at radius 3 is 2.45 bits per heavy atom. The van der Waals surface area contributed by atoms with Crippen LogP contribution in [0, 0.1) is 0 Å². The molecule has 0 bridgehead atoms. The van der Waals surface area contributed by atoms with E-state index in [1.165, 1.54) is 13.2 Å². The molecule has 0 heterocycles. The maximum absolute atomic E-state index is 11.8. The van der Waals surface area contributed by atoms with Crippen molar-refractivity contribution in [3.63, 3.8) is 0 Å². The summed E-state index contributed by atoms with van der Waals surface area (Å²) in [6.45, 7) is 7.91. The summed E-state index contributed by atoms with van der Waals surface area (Å²) in [6, 6.07) is 4.84. The molecule has 4 N–H and O–H groups in total. The van der Waals surface area contributed by atoms with E-state index < -0.39 is 17.1 Å². The molecule has 6 heteroatoms. The van der Waals surface area contributed by atoms with Crippen LogP contribution in [0.25, 0.3) is 0 Å². The van der Waals surface area contributed by atoms with E-state index in [1.54, 1.807) is 32.9 Å². The van der Waals surface area contributed by atoms with Gasteiger partial charge in [0.1, 0.15) is 17.1 Å². The molecular weight excluding hydrogens is 284 g/mol. The highest BCUT2D eigenvalue weighted by atomic mass is 16.6. The molecular formula is C16H26N2O4. The molecule has 0 aromatic heterocycles. The first-order valence-corrected chi connectivity index (χ1v) is 7.16. The Morgan fingerprint density at radius 1 is 1.32 bits per heavy atom. The summed E-state index contributed by atoms with van der Waals surface area (Å²) in [7, 11) is 1.52. The average molecular weight is 310 g/mol. The van der Waals surface area contributed by atoms with E-state index in [2.05, 4.69) is 5.32 Å². The van der Waals surface area contributed by atoms with Gasteiger partial charge in [-0.15, -0.1) is 0 Å². The number of amides is 1. The van der Waals surface area contributed by atoms with Crippen LogP contribution in [0.2, 0.25) is 0 Å². The zero-order valence-corrected chi connectivity index (χ0v) is 13.9. The molecule has 0 spiro atoms. The van der Waals surface area contributed by atoms with Gasteiger partial charge < -0.3 is 25.6 Å². The fraction of sp³-hybridized carbons (Fsp3) is 0.562. The number of carbonyl (C=O) groups excluding carboxylic acids is 1. The summed E-state index contributed by atoms with van der Waals surface area (Å²) in [5.41, 5.74) is 5.61. The van der Waals surface area contributed by atoms with Crippen molar-refractivity contribution in [3.8, 4) is 11.5 Å². The summed E-state index contributed by atoms with van der Waals surface area (Å²) in [5.74, 6) is 0.638. The van der Waals surface area contributed by atoms with Crippen molar-refractivity contribution >= 4 is 6.09 Å². The Bertz CT molecular complexity index is 525. The SMILES string of the molecule is COc1cc(O)ccc1C(C)(CN)CNC(=O)OC(C)(C)C. The predicted octanol–water partition coefficient (Wildman–Crippen LogP) is 2.14. The molecule has 0 fully saturated rings. The maximum atomic E-state index is 11.8. The van der Waals surface area contributed by atoms with Gasteiger partial charge in [-0.3, -0.25) is 0 Å². The number of nitrogens with two attached hydrogens (primary N) is 1. The van der Waals surface area contributed by atoms with E-state index in [1.807, 2.05) is 6.92 Å². The summed E-state index contributed by atoms with van der Waals surface area (Å²) in [6.07, 6.45) is -0.495. The summed E-state index contributed by atoms with van der Waals surface area (Å²) < 4.78 is 10.5. The molecule has 1 aromatic carbocycles. The van der Waals surface area contributed by atoms with Crippen molar-refractivity contribution in [1.82, 2.24) is 5.32 Å². The molecule has 0 saturated heterocycles. The second kappa shape index (κ2) is 6.87. The van der Waals surface area contributed by atoms with E-state index in [9.17, 15) is 9.90 Å². The average Bonchev–Trinajstić information content (AvgIpc) is 2.42. The lowest BCUT2D eigenvalue weighted by Crippen LogP contribution is -2.45. The van der Waals surface area contributed by atoms with Crippen LogP contribution in [0.15, 0.2) is 18.2 Å². The molecule has 1 aromatic rings. The first-order chi connectivity index (χ1) is 10.1. The van der Waals surface area contributed by atoms with Crippen molar-refractivity contribution in [2.45, 2.75) is 38.7 Å². The van der Waals surface area contributed by atoms with E-state index in [0.29, 0.717) is 18.8 Å². The van der Waals surface area contributed by atoms with Crippen LogP contribution >= 0.6 is 0 Å². The largest absolute Gasteiger partial charge is 0.508 e. The summed E-state index contributed by atoms with van der Waals surface area (Å²) in [5, 5.41) is 12.3. The first-order valence-electron chi connectivity index (χ1n) is 7.16. The van der Waals surface area contributed by atoms with Crippen molar-refractivity contribution in [3.05, 3.63) is 23.8 Å². The fourth-order valence-corrected chi connectivity index (χ4v) is 2.04. The van der Waals surface area contributed by atoms with Gasteiger partial charge in [0.05, 0.1) is 7.11 Å². The minimum Gasteiger partial charge on any atom is -0.508 e. The standard InChI is InChI=1S/C16H26N2O4/c1-15(2,3)22-14(20)18-10-16(4,9-17)12-7-6-11(19)8-13(12)21-5/h6-8,19H,9-10,17H2,1-5H3,(H,18,20). The lowest BCUT2D eigenvalue weighted by atomic mass is 9.81. The molecule has 1 unspecified atom stereocenters. The highest BCUT2D eigenvalue weighted by Crippen LogP contribution is 2.33. The smallest absolute Gasteiger partial charge is 0.407 e. The molecule has 0 aliphatic heterocycles. The monoisotopic (exact) mass is 310 g/mol. The third-order valence-electron chi connectivity index (χ3n) is 3.31. The van der Waals surface area contributed by atoms with Crippen LogP contribution in [0.5, 0.6) is 11.5 Å². The van der Waals surface area contributed by atoms with Crippen LogP contribution in [-0.4, -0.2) is 37.0 Å². The van der Waals surface area contributed by atoms with Gasteiger partial charge in [0.2, 0.25) is 0 Å². The molecule has 0 aliphatic rings.